The molecule has 0 saturated carbocycles. The Bertz CT molecular complexity index is 837. The van der Waals surface area contributed by atoms with Gasteiger partial charge in [-0.25, -0.2) is 9.59 Å². The lowest BCUT2D eigenvalue weighted by Gasteiger charge is -2.11. The van der Waals surface area contributed by atoms with E-state index in [9.17, 15) is 9.59 Å². The van der Waals surface area contributed by atoms with Crippen LogP contribution in [0.4, 0.5) is 0 Å². The number of hydrogen-bond donors (Lipinski definition) is 0. The smallest absolute Gasteiger partial charge is 0.342 e. The number of carbonyl (C=O) groups excluding carboxylic acids is 2. The van der Waals surface area contributed by atoms with Gasteiger partial charge in [0.2, 0.25) is 0 Å². The van der Waals surface area contributed by atoms with Crippen LogP contribution in [-0.2, 0) is 30.4 Å². The minimum absolute atomic E-state index is 0.154. The summed E-state index contributed by atoms with van der Waals surface area (Å²) >= 11 is 0. The van der Waals surface area contributed by atoms with Crippen LogP contribution in [0.15, 0.2) is 78.6 Å². The van der Waals surface area contributed by atoms with Crippen LogP contribution < -0.4 is 0 Å². The van der Waals surface area contributed by atoms with Gasteiger partial charge in [-0.1, -0.05) is 60.7 Å². The third-order valence-corrected chi connectivity index (χ3v) is 3.77. The average Bonchev–Trinajstić information content (AvgIpc) is 2.99. The average molecular weight is 350 g/mol. The highest BCUT2D eigenvalue weighted by atomic mass is 16.7. The standard InChI is InChI=1S/C21H18O5/c1-15-12-19(26-20(15)22)24-14-18(17-10-6-3-7-11-17)21(23)25-13-16-8-4-2-5-9-16/h2-12,14,19H,13H2,1H3/b18-14+. The van der Waals surface area contributed by atoms with E-state index < -0.39 is 18.2 Å². The molecule has 1 aliphatic rings. The summed E-state index contributed by atoms with van der Waals surface area (Å²) in [5.74, 6) is -0.957. The van der Waals surface area contributed by atoms with Crippen molar-refractivity contribution in [1.29, 1.82) is 0 Å². The van der Waals surface area contributed by atoms with Crippen LogP contribution in [0, 0.1) is 0 Å². The van der Waals surface area contributed by atoms with Gasteiger partial charge < -0.3 is 14.2 Å². The summed E-state index contributed by atoms with van der Waals surface area (Å²) in [6.07, 6.45) is 1.98. The summed E-state index contributed by atoms with van der Waals surface area (Å²) in [5.41, 5.74) is 2.25. The lowest BCUT2D eigenvalue weighted by Crippen LogP contribution is -2.12. The van der Waals surface area contributed by atoms with Crippen molar-refractivity contribution >= 4 is 17.5 Å². The highest BCUT2D eigenvalue weighted by Crippen LogP contribution is 2.20. The molecule has 0 amide bonds. The molecule has 5 heteroatoms. The second-order valence-corrected chi connectivity index (χ2v) is 5.72. The van der Waals surface area contributed by atoms with Crippen molar-refractivity contribution in [2.24, 2.45) is 0 Å². The zero-order chi connectivity index (χ0) is 18.4. The van der Waals surface area contributed by atoms with Crippen molar-refractivity contribution in [2.75, 3.05) is 0 Å². The molecule has 0 radical (unpaired) electrons. The van der Waals surface area contributed by atoms with Gasteiger partial charge in [-0.05, 0) is 18.1 Å². The van der Waals surface area contributed by atoms with Crippen LogP contribution in [-0.4, -0.2) is 18.2 Å². The third kappa shape index (κ3) is 4.39. The molecule has 26 heavy (non-hydrogen) atoms. The number of carbonyl (C=O) groups is 2. The van der Waals surface area contributed by atoms with Gasteiger partial charge in [-0.2, -0.15) is 0 Å². The Morgan fingerprint density at radius 3 is 2.35 bits per heavy atom. The molecule has 0 saturated heterocycles. The fraction of sp³-hybridized carbons (Fsp3) is 0.143. The summed E-state index contributed by atoms with van der Waals surface area (Å²) in [7, 11) is 0. The Hall–Kier alpha value is -3.34. The summed E-state index contributed by atoms with van der Waals surface area (Å²) in [6.45, 7) is 1.79. The molecule has 3 rings (SSSR count). The van der Waals surface area contributed by atoms with Crippen LogP contribution in [0.2, 0.25) is 0 Å². The van der Waals surface area contributed by atoms with Crippen molar-refractivity contribution in [3.05, 3.63) is 89.7 Å². The summed E-state index contributed by atoms with van der Waals surface area (Å²) in [6, 6.07) is 18.4. The largest absolute Gasteiger partial charge is 0.458 e. The van der Waals surface area contributed by atoms with E-state index >= 15 is 0 Å². The molecule has 132 valence electrons. The maximum absolute atomic E-state index is 12.6. The molecule has 1 aliphatic heterocycles. The molecule has 0 bridgehead atoms. The molecule has 1 unspecified atom stereocenters. The van der Waals surface area contributed by atoms with Gasteiger partial charge in [-0.15, -0.1) is 0 Å². The number of rotatable bonds is 6. The lowest BCUT2D eigenvalue weighted by molar-refractivity contribution is -0.152. The normalized spacial score (nSPS) is 16.7. The van der Waals surface area contributed by atoms with Crippen molar-refractivity contribution in [2.45, 2.75) is 19.8 Å². The number of benzene rings is 2. The Morgan fingerprint density at radius 2 is 1.73 bits per heavy atom. The zero-order valence-corrected chi connectivity index (χ0v) is 14.3. The maximum Gasteiger partial charge on any atom is 0.342 e. The first-order chi connectivity index (χ1) is 12.6. The maximum atomic E-state index is 12.6. The van der Waals surface area contributed by atoms with Gasteiger partial charge in [0.25, 0.3) is 6.29 Å². The fourth-order valence-corrected chi connectivity index (χ4v) is 2.36. The molecule has 5 nitrogen and oxygen atoms in total. The van der Waals surface area contributed by atoms with E-state index in [1.165, 1.54) is 6.26 Å². The first-order valence-corrected chi connectivity index (χ1v) is 8.15. The van der Waals surface area contributed by atoms with Gasteiger partial charge in [0.15, 0.2) is 0 Å². The lowest BCUT2D eigenvalue weighted by atomic mass is 10.1. The van der Waals surface area contributed by atoms with Crippen LogP contribution >= 0.6 is 0 Å². The molecule has 1 atom stereocenters. The molecular weight excluding hydrogens is 332 g/mol. The predicted molar refractivity (Wildman–Crippen MR) is 95.4 cm³/mol. The van der Waals surface area contributed by atoms with E-state index in [-0.39, 0.29) is 12.2 Å². The minimum Gasteiger partial charge on any atom is -0.458 e. The minimum atomic E-state index is -0.844. The van der Waals surface area contributed by atoms with Gasteiger partial charge >= 0.3 is 11.9 Å². The molecule has 0 spiro atoms. The Labute approximate surface area is 151 Å². The molecule has 0 aliphatic carbocycles. The van der Waals surface area contributed by atoms with Crippen molar-refractivity contribution in [3.63, 3.8) is 0 Å². The van der Waals surface area contributed by atoms with E-state index in [4.69, 9.17) is 14.2 Å². The number of cyclic esters (lactones) is 1. The summed E-state index contributed by atoms with van der Waals surface area (Å²) < 4.78 is 15.9. The fourth-order valence-electron chi connectivity index (χ4n) is 2.36. The predicted octanol–water partition coefficient (Wildman–Crippen LogP) is 3.62. The van der Waals surface area contributed by atoms with Gasteiger partial charge in [0, 0.05) is 11.6 Å². The monoisotopic (exact) mass is 350 g/mol. The molecular formula is C21H18O5. The number of ether oxygens (including phenoxy) is 3. The second kappa shape index (κ2) is 8.16. The van der Waals surface area contributed by atoms with E-state index in [1.807, 2.05) is 48.5 Å². The third-order valence-electron chi connectivity index (χ3n) is 3.77. The van der Waals surface area contributed by atoms with Crippen LogP contribution in [0.3, 0.4) is 0 Å². The van der Waals surface area contributed by atoms with Crippen LogP contribution in [0.1, 0.15) is 18.1 Å². The Balaban J connectivity index is 1.74. The van der Waals surface area contributed by atoms with E-state index in [1.54, 1.807) is 25.1 Å². The van der Waals surface area contributed by atoms with Gasteiger partial charge in [0.05, 0.1) is 0 Å². The first-order valence-electron chi connectivity index (χ1n) is 8.15. The molecule has 0 aromatic heterocycles. The van der Waals surface area contributed by atoms with E-state index in [2.05, 4.69) is 0 Å². The first kappa shape index (κ1) is 17.5. The SMILES string of the molecule is CC1=CC(O/C=C(/C(=O)OCc2ccccc2)c2ccccc2)OC1=O. The highest BCUT2D eigenvalue weighted by molar-refractivity contribution is 6.16. The van der Waals surface area contributed by atoms with Crippen LogP contribution in [0.5, 0.6) is 0 Å². The Kier molecular flexibility index (Phi) is 5.49. The molecule has 0 N–H and O–H groups in total. The van der Waals surface area contributed by atoms with Gasteiger partial charge in [0.1, 0.15) is 18.4 Å². The Morgan fingerprint density at radius 1 is 1.08 bits per heavy atom. The van der Waals surface area contributed by atoms with E-state index in [0.29, 0.717) is 11.1 Å². The van der Waals surface area contributed by atoms with Crippen molar-refractivity contribution < 1.29 is 23.8 Å². The molecule has 1 heterocycles. The number of hydrogen-bond acceptors (Lipinski definition) is 5. The quantitative estimate of drug-likeness (QED) is 0.452. The molecule has 2 aromatic carbocycles. The highest BCUT2D eigenvalue weighted by Gasteiger charge is 2.23. The number of esters is 2. The van der Waals surface area contributed by atoms with Crippen molar-refractivity contribution in [3.8, 4) is 0 Å². The van der Waals surface area contributed by atoms with Gasteiger partial charge in [-0.3, -0.25) is 0 Å². The van der Waals surface area contributed by atoms with Crippen LogP contribution in [0.25, 0.3) is 5.57 Å². The molecule has 0 fully saturated rings. The second-order valence-electron chi connectivity index (χ2n) is 5.72. The summed E-state index contributed by atoms with van der Waals surface area (Å²) in [5, 5.41) is 0. The van der Waals surface area contributed by atoms with Crippen molar-refractivity contribution in [1.82, 2.24) is 0 Å². The molecule has 2 aromatic rings. The van der Waals surface area contributed by atoms with E-state index in [0.717, 1.165) is 5.56 Å². The topological polar surface area (TPSA) is 61.8 Å². The summed E-state index contributed by atoms with van der Waals surface area (Å²) in [4.78, 5) is 24.0. The zero-order valence-electron chi connectivity index (χ0n) is 14.3.